The molecule has 19 heavy (non-hydrogen) atoms. The third-order valence-electron chi connectivity index (χ3n) is 4.15. The standard InChI is InChI=1S/C16H25NO2/c1-6-17-15(14-10-16(14,2)3)11-7-12(18-4)9-13(8-11)19-5/h7-9,14-15,17H,6,10H2,1-5H3. The molecule has 0 radical (unpaired) electrons. The molecule has 1 N–H and O–H groups in total. The number of methoxy groups -OCH3 is 2. The molecule has 1 aliphatic rings. The monoisotopic (exact) mass is 263 g/mol. The average molecular weight is 263 g/mol. The van der Waals surface area contributed by atoms with E-state index in [0.717, 1.165) is 18.0 Å². The molecular formula is C16H25NO2. The highest BCUT2D eigenvalue weighted by Gasteiger charge is 2.50. The summed E-state index contributed by atoms with van der Waals surface area (Å²) in [5.41, 5.74) is 1.69. The van der Waals surface area contributed by atoms with Crippen molar-refractivity contribution in [2.45, 2.75) is 33.2 Å². The van der Waals surface area contributed by atoms with E-state index in [0.29, 0.717) is 17.4 Å². The van der Waals surface area contributed by atoms with Gasteiger partial charge in [0.25, 0.3) is 0 Å². The largest absolute Gasteiger partial charge is 0.497 e. The molecule has 1 fully saturated rings. The predicted octanol–water partition coefficient (Wildman–Crippen LogP) is 3.40. The lowest BCUT2D eigenvalue weighted by Crippen LogP contribution is -2.24. The molecule has 0 aromatic heterocycles. The smallest absolute Gasteiger partial charge is 0.122 e. The Balaban J connectivity index is 2.30. The van der Waals surface area contributed by atoms with Crippen molar-refractivity contribution in [3.05, 3.63) is 23.8 Å². The highest BCUT2D eigenvalue weighted by atomic mass is 16.5. The molecule has 0 spiro atoms. The predicted molar refractivity (Wildman–Crippen MR) is 77.9 cm³/mol. The maximum Gasteiger partial charge on any atom is 0.122 e. The fourth-order valence-electron chi connectivity index (χ4n) is 2.80. The topological polar surface area (TPSA) is 30.5 Å². The van der Waals surface area contributed by atoms with Crippen LogP contribution in [0.4, 0.5) is 0 Å². The van der Waals surface area contributed by atoms with Gasteiger partial charge in [0.05, 0.1) is 14.2 Å². The molecule has 0 heterocycles. The van der Waals surface area contributed by atoms with Gasteiger partial charge >= 0.3 is 0 Å². The van der Waals surface area contributed by atoms with Gasteiger partial charge in [-0.1, -0.05) is 20.8 Å². The van der Waals surface area contributed by atoms with Gasteiger partial charge in [0.1, 0.15) is 11.5 Å². The second-order valence-corrected chi connectivity index (χ2v) is 5.98. The summed E-state index contributed by atoms with van der Waals surface area (Å²) in [6.45, 7) is 7.79. The first-order valence-electron chi connectivity index (χ1n) is 6.98. The first kappa shape index (κ1) is 14.2. The van der Waals surface area contributed by atoms with Crippen molar-refractivity contribution in [2.24, 2.45) is 11.3 Å². The van der Waals surface area contributed by atoms with Crippen LogP contribution in [-0.4, -0.2) is 20.8 Å². The lowest BCUT2D eigenvalue weighted by atomic mass is 9.96. The van der Waals surface area contributed by atoms with E-state index in [9.17, 15) is 0 Å². The van der Waals surface area contributed by atoms with E-state index in [1.54, 1.807) is 14.2 Å². The molecule has 3 nitrogen and oxygen atoms in total. The van der Waals surface area contributed by atoms with Crippen molar-refractivity contribution < 1.29 is 9.47 Å². The fourth-order valence-corrected chi connectivity index (χ4v) is 2.80. The van der Waals surface area contributed by atoms with Crippen molar-refractivity contribution in [1.29, 1.82) is 0 Å². The quantitative estimate of drug-likeness (QED) is 0.853. The highest BCUT2D eigenvalue weighted by molar-refractivity contribution is 5.40. The van der Waals surface area contributed by atoms with Crippen molar-refractivity contribution >= 4 is 0 Å². The van der Waals surface area contributed by atoms with E-state index in [2.05, 4.69) is 38.2 Å². The summed E-state index contributed by atoms with van der Waals surface area (Å²) < 4.78 is 10.7. The Morgan fingerprint density at radius 2 is 1.74 bits per heavy atom. The normalized spacial score (nSPS) is 21.8. The van der Waals surface area contributed by atoms with Gasteiger partial charge in [0, 0.05) is 12.1 Å². The number of nitrogens with one attached hydrogen (secondary N) is 1. The zero-order chi connectivity index (χ0) is 14.0. The Bertz CT molecular complexity index is 420. The van der Waals surface area contributed by atoms with Crippen LogP contribution < -0.4 is 14.8 Å². The lowest BCUT2D eigenvalue weighted by molar-refractivity contribution is 0.385. The van der Waals surface area contributed by atoms with Gasteiger partial charge in [-0.05, 0) is 42.0 Å². The minimum Gasteiger partial charge on any atom is -0.497 e. The fraction of sp³-hybridized carbons (Fsp3) is 0.625. The minimum absolute atomic E-state index is 0.379. The molecule has 2 rings (SSSR count). The summed E-state index contributed by atoms with van der Waals surface area (Å²) in [6.07, 6.45) is 1.27. The maximum absolute atomic E-state index is 5.37. The minimum atomic E-state index is 0.379. The van der Waals surface area contributed by atoms with Crippen molar-refractivity contribution in [3.8, 4) is 11.5 Å². The van der Waals surface area contributed by atoms with Crippen molar-refractivity contribution in [1.82, 2.24) is 5.32 Å². The van der Waals surface area contributed by atoms with Crippen molar-refractivity contribution in [3.63, 3.8) is 0 Å². The van der Waals surface area contributed by atoms with Crippen LogP contribution in [0.5, 0.6) is 11.5 Å². The zero-order valence-electron chi connectivity index (χ0n) is 12.6. The van der Waals surface area contributed by atoms with Gasteiger partial charge < -0.3 is 14.8 Å². The van der Waals surface area contributed by atoms with Crippen LogP contribution in [0, 0.1) is 11.3 Å². The van der Waals surface area contributed by atoms with Crippen LogP contribution >= 0.6 is 0 Å². The van der Waals surface area contributed by atoms with E-state index < -0.39 is 0 Å². The van der Waals surface area contributed by atoms with Gasteiger partial charge in [0.2, 0.25) is 0 Å². The first-order chi connectivity index (χ1) is 9.01. The third kappa shape index (κ3) is 3.03. The summed E-state index contributed by atoms with van der Waals surface area (Å²) >= 11 is 0. The molecule has 2 unspecified atom stereocenters. The molecule has 0 bridgehead atoms. The van der Waals surface area contributed by atoms with E-state index >= 15 is 0 Å². The highest BCUT2D eigenvalue weighted by Crippen LogP contribution is 2.58. The summed E-state index contributed by atoms with van der Waals surface area (Å²) in [6, 6.07) is 6.53. The van der Waals surface area contributed by atoms with Crippen LogP contribution in [-0.2, 0) is 0 Å². The second-order valence-electron chi connectivity index (χ2n) is 5.98. The molecule has 0 amide bonds. The Hall–Kier alpha value is -1.22. The molecule has 1 saturated carbocycles. The van der Waals surface area contributed by atoms with Gasteiger partial charge in [-0.3, -0.25) is 0 Å². The number of hydrogen-bond acceptors (Lipinski definition) is 3. The summed E-state index contributed by atoms with van der Waals surface area (Å²) in [5, 5.41) is 3.61. The van der Waals surface area contributed by atoms with E-state index in [-0.39, 0.29) is 0 Å². The molecule has 106 valence electrons. The second kappa shape index (κ2) is 5.41. The van der Waals surface area contributed by atoms with Crippen LogP contribution in [0.25, 0.3) is 0 Å². The third-order valence-corrected chi connectivity index (χ3v) is 4.15. The SMILES string of the molecule is CCNC(c1cc(OC)cc(OC)c1)C1CC1(C)C. The Morgan fingerprint density at radius 3 is 2.11 bits per heavy atom. The molecule has 2 atom stereocenters. The Labute approximate surface area is 116 Å². The Morgan fingerprint density at radius 1 is 1.21 bits per heavy atom. The molecule has 1 aromatic carbocycles. The summed E-state index contributed by atoms with van der Waals surface area (Å²) in [7, 11) is 3.39. The van der Waals surface area contributed by atoms with Gasteiger partial charge in [0.15, 0.2) is 0 Å². The van der Waals surface area contributed by atoms with Gasteiger partial charge in [-0.25, -0.2) is 0 Å². The first-order valence-corrected chi connectivity index (χ1v) is 6.98. The number of ether oxygens (including phenoxy) is 2. The van der Waals surface area contributed by atoms with E-state index in [4.69, 9.17) is 9.47 Å². The van der Waals surface area contributed by atoms with Crippen molar-refractivity contribution in [2.75, 3.05) is 20.8 Å². The summed E-state index contributed by atoms with van der Waals surface area (Å²) in [4.78, 5) is 0. The molecular weight excluding hydrogens is 238 g/mol. The van der Waals surface area contributed by atoms with Crippen LogP contribution in [0.1, 0.15) is 38.8 Å². The summed E-state index contributed by atoms with van der Waals surface area (Å²) in [5.74, 6) is 2.40. The van der Waals surface area contributed by atoms with Crippen LogP contribution in [0.3, 0.4) is 0 Å². The molecule has 0 aliphatic heterocycles. The molecule has 0 saturated heterocycles. The average Bonchev–Trinajstić information content (AvgIpc) is 3.03. The molecule has 1 aromatic rings. The van der Waals surface area contributed by atoms with E-state index in [1.165, 1.54) is 12.0 Å². The molecule has 1 aliphatic carbocycles. The van der Waals surface area contributed by atoms with Crippen LogP contribution in [0.2, 0.25) is 0 Å². The van der Waals surface area contributed by atoms with Crippen LogP contribution in [0.15, 0.2) is 18.2 Å². The number of rotatable bonds is 6. The Kier molecular flexibility index (Phi) is 4.04. The lowest BCUT2D eigenvalue weighted by Gasteiger charge is -2.21. The van der Waals surface area contributed by atoms with Gasteiger partial charge in [-0.15, -0.1) is 0 Å². The van der Waals surface area contributed by atoms with Gasteiger partial charge in [-0.2, -0.15) is 0 Å². The molecule has 3 heteroatoms. The number of benzene rings is 1. The number of hydrogen-bond donors (Lipinski definition) is 1. The zero-order valence-corrected chi connectivity index (χ0v) is 12.6. The maximum atomic E-state index is 5.37. The van der Waals surface area contributed by atoms with E-state index in [1.807, 2.05) is 6.07 Å².